The zero-order valence-electron chi connectivity index (χ0n) is 16.1. The number of anilines is 1. The number of piperazine rings is 1. The lowest BCUT2D eigenvalue weighted by atomic mass is 10.2. The number of ether oxygens (including phenoxy) is 1. The average molecular weight is 403 g/mol. The quantitative estimate of drug-likeness (QED) is 0.803. The van der Waals surface area contributed by atoms with Crippen molar-refractivity contribution in [2.24, 2.45) is 0 Å². The Kier molecular flexibility index (Phi) is 6.64. The van der Waals surface area contributed by atoms with Gasteiger partial charge < -0.3 is 19.9 Å². The van der Waals surface area contributed by atoms with E-state index in [0.29, 0.717) is 13.1 Å². The largest absolute Gasteiger partial charge is 0.481 e. The maximum Gasteiger partial charge on any atom is 0.261 e. The van der Waals surface area contributed by atoms with Gasteiger partial charge in [0.1, 0.15) is 5.75 Å². The smallest absolute Gasteiger partial charge is 0.261 e. The standard InChI is InChI=1S/C21H23F2N3O3/c1-15(29-17-7-8-18(22)19(23)13-17)21(28)24-14-20(27)26-11-9-25(10-12-26)16-5-3-2-4-6-16/h2-8,13,15H,9-12,14H2,1H3,(H,24,28). The van der Waals surface area contributed by atoms with Crippen molar-refractivity contribution in [3.8, 4) is 5.75 Å². The van der Waals surface area contributed by atoms with Gasteiger partial charge in [0, 0.05) is 37.9 Å². The average Bonchev–Trinajstić information content (AvgIpc) is 2.75. The first kappa shape index (κ1) is 20.6. The van der Waals surface area contributed by atoms with Crippen LogP contribution < -0.4 is 15.0 Å². The van der Waals surface area contributed by atoms with Gasteiger partial charge in [-0.1, -0.05) is 18.2 Å². The van der Waals surface area contributed by atoms with E-state index < -0.39 is 23.6 Å². The second-order valence-corrected chi connectivity index (χ2v) is 6.76. The van der Waals surface area contributed by atoms with E-state index in [2.05, 4.69) is 10.2 Å². The summed E-state index contributed by atoms with van der Waals surface area (Å²) in [7, 11) is 0. The molecule has 0 aliphatic carbocycles. The number of carbonyl (C=O) groups is 2. The van der Waals surface area contributed by atoms with E-state index >= 15 is 0 Å². The fraction of sp³-hybridized carbons (Fsp3) is 0.333. The van der Waals surface area contributed by atoms with Crippen LogP contribution in [0.2, 0.25) is 0 Å². The fourth-order valence-corrected chi connectivity index (χ4v) is 3.08. The molecular weight excluding hydrogens is 380 g/mol. The summed E-state index contributed by atoms with van der Waals surface area (Å²) >= 11 is 0. The second kappa shape index (κ2) is 9.36. The number of nitrogens with one attached hydrogen (secondary N) is 1. The molecule has 0 bridgehead atoms. The van der Waals surface area contributed by atoms with Gasteiger partial charge in [0.15, 0.2) is 17.7 Å². The summed E-state index contributed by atoms with van der Waals surface area (Å²) in [6, 6.07) is 13.0. The molecule has 2 aromatic rings. The minimum Gasteiger partial charge on any atom is -0.481 e. The lowest BCUT2D eigenvalue weighted by Crippen LogP contribution is -2.52. The van der Waals surface area contributed by atoms with E-state index in [1.165, 1.54) is 13.0 Å². The van der Waals surface area contributed by atoms with Crippen LogP contribution in [-0.4, -0.2) is 55.5 Å². The molecule has 0 radical (unpaired) electrons. The van der Waals surface area contributed by atoms with Crippen LogP contribution in [0.4, 0.5) is 14.5 Å². The molecule has 6 nitrogen and oxygen atoms in total. The van der Waals surface area contributed by atoms with Gasteiger partial charge in [0.05, 0.1) is 6.54 Å². The molecule has 0 saturated carbocycles. The van der Waals surface area contributed by atoms with Gasteiger partial charge in [-0.05, 0) is 31.2 Å². The minimum atomic E-state index is -1.06. The normalized spacial score (nSPS) is 15.0. The lowest BCUT2D eigenvalue weighted by Gasteiger charge is -2.36. The second-order valence-electron chi connectivity index (χ2n) is 6.76. The maximum absolute atomic E-state index is 13.2. The molecule has 1 unspecified atom stereocenters. The van der Waals surface area contributed by atoms with Crippen molar-refractivity contribution in [2.75, 3.05) is 37.6 Å². The molecule has 3 rings (SSSR count). The van der Waals surface area contributed by atoms with Crippen LogP contribution in [-0.2, 0) is 9.59 Å². The predicted octanol–water partition coefficient (Wildman–Crippen LogP) is 2.20. The number of carbonyl (C=O) groups excluding carboxylic acids is 2. The van der Waals surface area contributed by atoms with Crippen molar-refractivity contribution in [2.45, 2.75) is 13.0 Å². The van der Waals surface area contributed by atoms with E-state index in [1.807, 2.05) is 30.3 Å². The summed E-state index contributed by atoms with van der Waals surface area (Å²) in [5, 5.41) is 2.53. The van der Waals surface area contributed by atoms with Crippen molar-refractivity contribution in [1.82, 2.24) is 10.2 Å². The molecule has 1 aliphatic rings. The van der Waals surface area contributed by atoms with Gasteiger partial charge in [-0.25, -0.2) is 8.78 Å². The minimum absolute atomic E-state index is 0.0370. The van der Waals surface area contributed by atoms with E-state index in [1.54, 1.807) is 4.90 Å². The monoisotopic (exact) mass is 403 g/mol. The van der Waals surface area contributed by atoms with Crippen LogP contribution in [0.1, 0.15) is 6.92 Å². The first-order valence-corrected chi connectivity index (χ1v) is 9.41. The summed E-state index contributed by atoms with van der Waals surface area (Å²) in [4.78, 5) is 28.4. The third kappa shape index (κ3) is 5.43. The SMILES string of the molecule is CC(Oc1ccc(F)c(F)c1)C(=O)NCC(=O)N1CCN(c2ccccc2)CC1. The number of benzene rings is 2. The molecule has 0 spiro atoms. The number of amides is 2. The zero-order valence-corrected chi connectivity index (χ0v) is 16.1. The topological polar surface area (TPSA) is 61.9 Å². The Bertz CT molecular complexity index is 856. The number of hydrogen-bond acceptors (Lipinski definition) is 4. The highest BCUT2D eigenvalue weighted by Gasteiger charge is 2.23. The Balaban J connectivity index is 1.43. The number of rotatable bonds is 6. The third-order valence-corrected chi connectivity index (χ3v) is 4.74. The maximum atomic E-state index is 13.2. The fourth-order valence-electron chi connectivity index (χ4n) is 3.08. The highest BCUT2D eigenvalue weighted by Crippen LogP contribution is 2.17. The molecule has 29 heavy (non-hydrogen) atoms. The highest BCUT2D eigenvalue weighted by atomic mass is 19.2. The van der Waals surface area contributed by atoms with Crippen molar-refractivity contribution in [3.05, 3.63) is 60.2 Å². The van der Waals surface area contributed by atoms with Crippen LogP contribution in [0, 0.1) is 11.6 Å². The zero-order chi connectivity index (χ0) is 20.8. The molecule has 2 amide bonds. The lowest BCUT2D eigenvalue weighted by molar-refractivity contribution is -0.134. The summed E-state index contributed by atoms with van der Waals surface area (Å²) in [5.74, 6) is -2.70. The number of halogens is 2. The molecule has 2 aromatic carbocycles. The Morgan fingerprint density at radius 3 is 2.38 bits per heavy atom. The number of para-hydroxylation sites is 1. The van der Waals surface area contributed by atoms with Crippen molar-refractivity contribution >= 4 is 17.5 Å². The Hall–Kier alpha value is -3.16. The summed E-state index contributed by atoms with van der Waals surface area (Å²) in [6.07, 6.45) is -0.956. The summed E-state index contributed by atoms with van der Waals surface area (Å²) < 4.78 is 31.5. The van der Waals surface area contributed by atoms with Crippen LogP contribution in [0.3, 0.4) is 0 Å². The van der Waals surface area contributed by atoms with E-state index in [9.17, 15) is 18.4 Å². The van der Waals surface area contributed by atoms with Gasteiger partial charge >= 0.3 is 0 Å². The van der Waals surface area contributed by atoms with Gasteiger partial charge in [-0.15, -0.1) is 0 Å². The van der Waals surface area contributed by atoms with Gasteiger partial charge in [-0.2, -0.15) is 0 Å². The molecule has 1 atom stereocenters. The molecule has 8 heteroatoms. The molecule has 1 heterocycles. The number of nitrogens with zero attached hydrogens (tertiary/aromatic N) is 2. The highest BCUT2D eigenvalue weighted by molar-refractivity contribution is 5.87. The van der Waals surface area contributed by atoms with E-state index in [-0.39, 0.29) is 18.2 Å². The van der Waals surface area contributed by atoms with Crippen molar-refractivity contribution in [3.63, 3.8) is 0 Å². The Morgan fingerprint density at radius 1 is 1.03 bits per heavy atom. The van der Waals surface area contributed by atoms with Crippen molar-refractivity contribution in [1.29, 1.82) is 0 Å². The van der Waals surface area contributed by atoms with E-state index in [0.717, 1.165) is 30.9 Å². The summed E-state index contributed by atoms with van der Waals surface area (Å²) in [6.45, 7) is 3.92. The van der Waals surface area contributed by atoms with Crippen LogP contribution in [0.25, 0.3) is 0 Å². The van der Waals surface area contributed by atoms with Crippen LogP contribution in [0.5, 0.6) is 5.75 Å². The molecule has 1 aliphatic heterocycles. The van der Waals surface area contributed by atoms with Crippen LogP contribution in [0.15, 0.2) is 48.5 Å². The molecule has 154 valence electrons. The molecule has 0 aromatic heterocycles. The summed E-state index contributed by atoms with van der Waals surface area (Å²) in [5.41, 5.74) is 1.12. The molecule has 1 fully saturated rings. The first-order valence-electron chi connectivity index (χ1n) is 9.41. The first-order chi connectivity index (χ1) is 13.9. The van der Waals surface area contributed by atoms with Crippen LogP contribution >= 0.6 is 0 Å². The van der Waals surface area contributed by atoms with E-state index in [4.69, 9.17) is 4.74 Å². The number of hydrogen-bond donors (Lipinski definition) is 1. The van der Waals surface area contributed by atoms with Gasteiger partial charge in [0.25, 0.3) is 5.91 Å². The third-order valence-electron chi connectivity index (χ3n) is 4.74. The van der Waals surface area contributed by atoms with Gasteiger partial charge in [0.2, 0.25) is 5.91 Å². The van der Waals surface area contributed by atoms with Crippen molar-refractivity contribution < 1.29 is 23.1 Å². The Morgan fingerprint density at radius 2 is 1.72 bits per heavy atom. The Labute approximate surface area is 168 Å². The predicted molar refractivity (Wildman–Crippen MR) is 105 cm³/mol. The van der Waals surface area contributed by atoms with Gasteiger partial charge in [-0.3, -0.25) is 9.59 Å². The molecular formula is C21H23F2N3O3. The molecule has 1 N–H and O–H groups in total. The molecule has 1 saturated heterocycles.